The summed E-state index contributed by atoms with van der Waals surface area (Å²) < 4.78 is 13.3. The lowest BCUT2D eigenvalue weighted by Gasteiger charge is -2.46. The second-order valence-corrected chi connectivity index (χ2v) is 12.1. The molecule has 0 amide bonds. The van der Waals surface area contributed by atoms with Crippen LogP contribution in [0, 0.1) is 0 Å². The van der Waals surface area contributed by atoms with Crippen molar-refractivity contribution in [2.75, 3.05) is 13.1 Å². The Balaban J connectivity index is 1.31. The first kappa shape index (κ1) is 23.6. The third-order valence-corrected chi connectivity index (χ3v) is 8.52. The van der Waals surface area contributed by atoms with E-state index in [2.05, 4.69) is 73.9 Å². The first-order chi connectivity index (χ1) is 16.7. The Bertz CT molecular complexity index is 1090. The molecule has 0 aliphatic carbocycles. The molecule has 4 aliphatic rings. The van der Waals surface area contributed by atoms with Crippen molar-refractivity contribution in [3.63, 3.8) is 0 Å². The van der Waals surface area contributed by atoms with E-state index < -0.39 is 11.4 Å². The highest BCUT2D eigenvalue weighted by Gasteiger charge is 2.49. The van der Waals surface area contributed by atoms with Gasteiger partial charge < -0.3 is 25.2 Å². The normalized spacial score (nSPS) is 36.1. The minimum atomic E-state index is -1.28. The van der Waals surface area contributed by atoms with E-state index in [1.54, 1.807) is 0 Å². The standard InChI is InChI=1S/C30H40N2O3/c1-28(2)18-22-16-20(12-13-24(22)30(33,35-28)26-11-7-15-32-26)17-29(3)19-21-8-4-5-9-23(21)27(34-29)25-10-6-14-31-25/h4-5,8-9,12-13,16,25-27,31-33H,6-7,10-11,14-15,17-19H2,1-3H3/t25-,26-,27+,29?,30+/m0/s1. The monoisotopic (exact) mass is 476 g/mol. The zero-order chi connectivity index (χ0) is 24.3. The van der Waals surface area contributed by atoms with Gasteiger partial charge in [0.2, 0.25) is 5.79 Å². The number of nitrogens with one attached hydrogen (secondary N) is 2. The second kappa shape index (κ2) is 8.67. The van der Waals surface area contributed by atoms with Crippen molar-refractivity contribution in [3.05, 3.63) is 70.3 Å². The van der Waals surface area contributed by atoms with E-state index in [1.807, 2.05) is 0 Å². The molecule has 2 aromatic carbocycles. The molecule has 188 valence electrons. The predicted octanol–water partition coefficient (Wildman–Crippen LogP) is 4.30. The number of fused-ring (bicyclic) bond motifs is 2. The summed E-state index contributed by atoms with van der Waals surface area (Å²) in [5.41, 5.74) is 5.45. The van der Waals surface area contributed by atoms with Crippen LogP contribution in [0.1, 0.15) is 80.4 Å². The van der Waals surface area contributed by atoms with Crippen LogP contribution in [0.4, 0.5) is 0 Å². The third kappa shape index (κ3) is 4.36. The predicted molar refractivity (Wildman–Crippen MR) is 137 cm³/mol. The van der Waals surface area contributed by atoms with E-state index in [-0.39, 0.29) is 17.7 Å². The molecule has 0 aromatic heterocycles. The number of hydrogen-bond donors (Lipinski definition) is 3. The summed E-state index contributed by atoms with van der Waals surface area (Å²) in [5, 5.41) is 18.9. The van der Waals surface area contributed by atoms with Gasteiger partial charge in [-0.2, -0.15) is 0 Å². The lowest BCUT2D eigenvalue weighted by Crippen LogP contribution is -2.55. The maximum Gasteiger partial charge on any atom is 0.209 e. The summed E-state index contributed by atoms with van der Waals surface area (Å²) in [5.74, 6) is -1.28. The van der Waals surface area contributed by atoms with Crippen LogP contribution in [0.2, 0.25) is 0 Å². The molecule has 0 radical (unpaired) electrons. The Morgan fingerprint density at radius 1 is 0.943 bits per heavy atom. The molecule has 4 aliphatic heterocycles. The molecule has 0 saturated carbocycles. The van der Waals surface area contributed by atoms with Gasteiger partial charge in [-0.3, -0.25) is 0 Å². The minimum Gasteiger partial charge on any atom is -0.365 e. The van der Waals surface area contributed by atoms with Gasteiger partial charge in [0.15, 0.2) is 0 Å². The van der Waals surface area contributed by atoms with Crippen molar-refractivity contribution in [1.29, 1.82) is 0 Å². The number of benzene rings is 2. The number of ether oxygens (including phenoxy) is 2. The number of aliphatic hydroxyl groups is 1. The van der Waals surface area contributed by atoms with Crippen LogP contribution in [0.3, 0.4) is 0 Å². The van der Waals surface area contributed by atoms with Crippen LogP contribution in [-0.2, 0) is 34.5 Å². The fourth-order valence-electron chi connectivity index (χ4n) is 7.09. The van der Waals surface area contributed by atoms with Crippen molar-refractivity contribution in [2.45, 2.75) is 101 Å². The maximum atomic E-state index is 11.8. The smallest absolute Gasteiger partial charge is 0.209 e. The van der Waals surface area contributed by atoms with Crippen molar-refractivity contribution in [1.82, 2.24) is 10.6 Å². The molecule has 35 heavy (non-hydrogen) atoms. The molecule has 5 heteroatoms. The van der Waals surface area contributed by atoms with Gasteiger partial charge in [0.1, 0.15) is 0 Å². The van der Waals surface area contributed by atoms with Crippen LogP contribution < -0.4 is 10.6 Å². The molecule has 4 heterocycles. The topological polar surface area (TPSA) is 62.8 Å². The van der Waals surface area contributed by atoms with Gasteiger partial charge in [0.25, 0.3) is 0 Å². The molecular formula is C30H40N2O3. The molecule has 1 unspecified atom stereocenters. The average molecular weight is 477 g/mol. The minimum absolute atomic E-state index is 0.0676. The van der Waals surface area contributed by atoms with Crippen LogP contribution in [0.25, 0.3) is 0 Å². The Kier molecular flexibility index (Phi) is 5.85. The van der Waals surface area contributed by atoms with Crippen molar-refractivity contribution < 1.29 is 14.6 Å². The van der Waals surface area contributed by atoms with Crippen LogP contribution >= 0.6 is 0 Å². The van der Waals surface area contributed by atoms with Crippen LogP contribution in [0.5, 0.6) is 0 Å². The second-order valence-electron chi connectivity index (χ2n) is 12.1. The highest BCUT2D eigenvalue weighted by atomic mass is 16.6. The van der Waals surface area contributed by atoms with Crippen LogP contribution in [-0.4, -0.2) is 41.5 Å². The Hall–Kier alpha value is -1.76. The van der Waals surface area contributed by atoms with Crippen molar-refractivity contribution in [3.8, 4) is 0 Å². The SMILES string of the molecule is CC1(C)Cc2cc(CC3(C)Cc4ccccc4[C@H]([C@@H]4CCCN4)O3)ccc2[C@](O)([C@@H]2CCCN2)O1. The zero-order valence-corrected chi connectivity index (χ0v) is 21.4. The van der Waals surface area contributed by atoms with Crippen molar-refractivity contribution >= 4 is 0 Å². The first-order valence-electron chi connectivity index (χ1n) is 13.5. The summed E-state index contributed by atoms with van der Waals surface area (Å²) in [6, 6.07) is 15.7. The summed E-state index contributed by atoms with van der Waals surface area (Å²) in [6.07, 6.45) is 7.01. The first-order valence-corrected chi connectivity index (χ1v) is 13.5. The van der Waals surface area contributed by atoms with Gasteiger partial charge in [-0.25, -0.2) is 0 Å². The molecular weight excluding hydrogens is 436 g/mol. The molecule has 0 bridgehead atoms. The quantitative estimate of drug-likeness (QED) is 0.614. The highest BCUT2D eigenvalue weighted by Crippen LogP contribution is 2.44. The van der Waals surface area contributed by atoms with Gasteiger partial charge in [-0.05, 0) is 81.8 Å². The van der Waals surface area contributed by atoms with Gasteiger partial charge in [-0.15, -0.1) is 0 Å². The van der Waals surface area contributed by atoms with E-state index in [4.69, 9.17) is 9.47 Å². The van der Waals surface area contributed by atoms with E-state index in [1.165, 1.54) is 28.7 Å². The highest BCUT2D eigenvalue weighted by molar-refractivity contribution is 5.41. The zero-order valence-electron chi connectivity index (χ0n) is 21.4. The van der Waals surface area contributed by atoms with E-state index >= 15 is 0 Å². The summed E-state index contributed by atoms with van der Waals surface area (Å²) in [4.78, 5) is 0. The summed E-state index contributed by atoms with van der Waals surface area (Å²) in [6.45, 7) is 8.45. The molecule has 2 aromatic rings. The van der Waals surface area contributed by atoms with Gasteiger partial charge >= 0.3 is 0 Å². The number of rotatable bonds is 4. The average Bonchev–Trinajstić information content (AvgIpc) is 3.52. The molecule has 2 saturated heterocycles. The van der Waals surface area contributed by atoms with Gasteiger partial charge in [0, 0.05) is 30.9 Å². The molecule has 5 atom stereocenters. The van der Waals surface area contributed by atoms with E-state index in [0.717, 1.165) is 57.2 Å². The lowest BCUT2D eigenvalue weighted by molar-refractivity contribution is -0.288. The molecule has 3 N–H and O–H groups in total. The Morgan fingerprint density at radius 2 is 1.74 bits per heavy atom. The lowest BCUT2D eigenvalue weighted by atomic mass is 9.79. The Morgan fingerprint density at radius 3 is 2.51 bits per heavy atom. The van der Waals surface area contributed by atoms with E-state index in [9.17, 15) is 5.11 Å². The maximum absolute atomic E-state index is 11.8. The molecule has 2 fully saturated rings. The molecule has 0 spiro atoms. The van der Waals surface area contributed by atoms with Crippen molar-refractivity contribution in [2.24, 2.45) is 0 Å². The molecule has 5 nitrogen and oxygen atoms in total. The summed E-state index contributed by atoms with van der Waals surface area (Å²) >= 11 is 0. The summed E-state index contributed by atoms with van der Waals surface area (Å²) in [7, 11) is 0. The third-order valence-electron chi connectivity index (χ3n) is 8.52. The Labute approximate surface area is 209 Å². The molecule has 6 rings (SSSR count). The fraction of sp³-hybridized carbons (Fsp3) is 0.600. The number of hydrogen-bond acceptors (Lipinski definition) is 5. The van der Waals surface area contributed by atoms with Crippen LogP contribution in [0.15, 0.2) is 42.5 Å². The fourth-order valence-corrected chi connectivity index (χ4v) is 7.09. The van der Waals surface area contributed by atoms with E-state index in [0.29, 0.717) is 6.04 Å². The largest absolute Gasteiger partial charge is 0.365 e. The van der Waals surface area contributed by atoms with Gasteiger partial charge in [0.05, 0.1) is 23.3 Å². The van der Waals surface area contributed by atoms with Gasteiger partial charge in [-0.1, -0.05) is 42.5 Å².